The van der Waals surface area contributed by atoms with Crippen molar-refractivity contribution in [2.45, 2.75) is 25.9 Å². The maximum absolute atomic E-state index is 13.3. The van der Waals surface area contributed by atoms with E-state index in [1.54, 1.807) is 25.1 Å². The fraction of sp³-hybridized carbons (Fsp3) is 0.250. The summed E-state index contributed by atoms with van der Waals surface area (Å²) < 4.78 is 13.3. The molecule has 3 heteroatoms. The van der Waals surface area contributed by atoms with Crippen LogP contribution in [-0.4, -0.2) is 5.11 Å². The largest absolute Gasteiger partial charge is 0.385 e. The Morgan fingerprint density at radius 3 is 2.42 bits per heavy atom. The summed E-state index contributed by atoms with van der Waals surface area (Å²) in [5.74, 6) is -0.336. The highest BCUT2D eigenvalue weighted by Crippen LogP contribution is 2.29. The lowest BCUT2D eigenvalue weighted by atomic mass is 9.86. The van der Waals surface area contributed by atoms with Gasteiger partial charge in [-0.15, -0.1) is 0 Å². The van der Waals surface area contributed by atoms with Crippen LogP contribution >= 0.6 is 11.6 Å². The molecule has 1 atom stereocenters. The van der Waals surface area contributed by atoms with Crippen molar-refractivity contribution in [1.82, 2.24) is 0 Å². The minimum absolute atomic E-state index is 0.336. The highest BCUT2D eigenvalue weighted by molar-refractivity contribution is 6.30. The van der Waals surface area contributed by atoms with Crippen LogP contribution in [0, 0.1) is 12.7 Å². The Morgan fingerprint density at radius 2 is 1.79 bits per heavy atom. The molecule has 2 aromatic carbocycles. The smallest absolute Gasteiger partial charge is 0.123 e. The average molecular weight is 279 g/mol. The summed E-state index contributed by atoms with van der Waals surface area (Å²) >= 11 is 5.83. The normalized spacial score (nSPS) is 14.2. The van der Waals surface area contributed by atoms with Crippen LogP contribution in [0.3, 0.4) is 0 Å². The number of aliphatic hydroxyl groups is 1. The molecular formula is C16H16ClFO. The van der Waals surface area contributed by atoms with Crippen LogP contribution in [0.5, 0.6) is 0 Å². The Bertz CT molecular complexity index is 576. The summed E-state index contributed by atoms with van der Waals surface area (Å²) in [6, 6.07) is 11.8. The second kappa shape index (κ2) is 5.32. The SMILES string of the molecule is Cc1ccc(F)cc1C(C)(O)Cc1ccc(Cl)cc1. The number of benzene rings is 2. The minimum Gasteiger partial charge on any atom is -0.385 e. The third-order valence-corrected chi connectivity index (χ3v) is 3.49. The molecule has 1 unspecified atom stereocenters. The molecule has 0 aliphatic rings. The first-order chi connectivity index (χ1) is 8.88. The summed E-state index contributed by atoms with van der Waals surface area (Å²) in [5, 5.41) is 11.3. The average Bonchev–Trinajstić information content (AvgIpc) is 2.35. The molecule has 2 aromatic rings. The van der Waals surface area contributed by atoms with Crippen LogP contribution < -0.4 is 0 Å². The van der Waals surface area contributed by atoms with Gasteiger partial charge in [0.15, 0.2) is 0 Å². The fourth-order valence-corrected chi connectivity index (χ4v) is 2.40. The van der Waals surface area contributed by atoms with Crippen molar-refractivity contribution in [3.05, 3.63) is 70.0 Å². The lowest BCUT2D eigenvalue weighted by molar-refractivity contribution is 0.0566. The maximum Gasteiger partial charge on any atom is 0.123 e. The molecule has 0 aliphatic carbocycles. The zero-order valence-electron chi connectivity index (χ0n) is 11.0. The molecule has 0 saturated carbocycles. The molecule has 0 heterocycles. The third-order valence-electron chi connectivity index (χ3n) is 3.24. The van der Waals surface area contributed by atoms with Gasteiger partial charge in [-0.3, -0.25) is 0 Å². The van der Waals surface area contributed by atoms with Gasteiger partial charge >= 0.3 is 0 Å². The molecule has 1 nitrogen and oxygen atoms in total. The number of hydrogen-bond donors (Lipinski definition) is 1. The van der Waals surface area contributed by atoms with Gasteiger partial charge in [0.2, 0.25) is 0 Å². The van der Waals surface area contributed by atoms with Gasteiger partial charge in [0, 0.05) is 11.4 Å². The molecule has 0 bridgehead atoms. The van der Waals surface area contributed by atoms with E-state index in [0.29, 0.717) is 17.0 Å². The van der Waals surface area contributed by atoms with Gasteiger partial charge in [-0.1, -0.05) is 29.8 Å². The van der Waals surface area contributed by atoms with Gasteiger partial charge in [-0.05, 0) is 54.8 Å². The monoisotopic (exact) mass is 278 g/mol. The summed E-state index contributed by atoms with van der Waals surface area (Å²) in [6.07, 6.45) is 0.411. The van der Waals surface area contributed by atoms with E-state index in [0.717, 1.165) is 11.1 Å². The van der Waals surface area contributed by atoms with Crippen LogP contribution in [0.4, 0.5) is 4.39 Å². The number of rotatable bonds is 3. The first-order valence-corrected chi connectivity index (χ1v) is 6.50. The number of hydrogen-bond acceptors (Lipinski definition) is 1. The van der Waals surface area contributed by atoms with Gasteiger partial charge in [0.1, 0.15) is 5.82 Å². The van der Waals surface area contributed by atoms with E-state index in [1.165, 1.54) is 12.1 Å². The number of halogens is 2. The van der Waals surface area contributed by atoms with Crippen molar-refractivity contribution in [3.63, 3.8) is 0 Å². The quantitative estimate of drug-likeness (QED) is 0.890. The standard InChI is InChI=1S/C16H16ClFO/c1-11-3-8-14(18)9-15(11)16(2,19)10-12-4-6-13(17)7-5-12/h3-9,19H,10H2,1-2H3. The second-order valence-corrected chi connectivity index (χ2v) is 5.47. The van der Waals surface area contributed by atoms with Crippen LogP contribution in [0.25, 0.3) is 0 Å². The van der Waals surface area contributed by atoms with E-state index in [9.17, 15) is 9.50 Å². The predicted octanol–water partition coefficient (Wildman–Crippen LogP) is 4.24. The van der Waals surface area contributed by atoms with Crippen LogP contribution in [0.2, 0.25) is 5.02 Å². The van der Waals surface area contributed by atoms with E-state index in [1.807, 2.05) is 19.1 Å². The van der Waals surface area contributed by atoms with Gasteiger partial charge < -0.3 is 5.11 Å². The molecule has 0 saturated heterocycles. The van der Waals surface area contributed by atoms with Crippen molar-refractivity contribution in [3.8, 4) is 0 Å². The Labute approximate surface area is 117 Å². The van der Waals surface area contributed by atoms with Crippen LogP contribution in [0.15, 0.2) is 42.5 Å². The Kier molecular flexibility index (Phi) is 3.93. The van der Waals surface area contributed by atoms with Crippen molar-refractivity contribution >= 4 is 11.6 Å². The zero-order chi connectivity index (χ0) is 14.0. The highest BCUT2D eigenvalue weighted by atomic mass is 35.5. The molecule has 0 amide bonds. The molecule has 0 fully saturated rings. The summed E-state index contributed by atoms with van der Waals surface area (Å²) in [7, 11) is 0. The molecule has 0 aromatic heterocycles. The topological polar surface area (TPSA) is 20.2 Å². The Balaban J connectivity index is 2.31. The maximum atomic E-state index is 13.3. The molecule has 100 valence electrons. The molecule has 19 heavy (non-hydrogen) atoms. The lowest BCUT2D eigenvalue weighted by Gasteiger charge is -2.26. The van der Waals surface area contributed by atoms with Gasteiger partial charge in [-0.2, -0.15) is 0 Å². The third kappa shape index (κ3) is 3.34. The molecule has 0 aliphatic heterocycles. The molecule has 0 spiro atoms. The Hall–Kier alpha value is -1.38. The summed E-state index contributed by atoms with van der Waals surface area (Å²) in [6.45, 7) is 3.56. The van der Waals surface area contributed by atoms with Crippen LogP contribution in [-0.2, 0) is 12.0 Å². The first-order valence-electron chi connectivity index (χ1n) is 6.12. The first kappa shape index (κ1) is 14.0. The Morgan fingerprint density at radius 1 is 1.16 bits per heavy atom. The minimum atomic E-state index is -1.11. The summed E-state index contributed by atoms with van der Waals surface area (Å²) in [5.41, 5.74) is 1.33. The van der Waals surface area contributed by atoms with E-state index < -0.39 is 5.60 Å². The van der Waals surface area contributed by atoms with E-state index in [2.05, 4.69) is 0 Å². The van der Waals surface area contributed by atoms with E-state index in [-0.39, 0.29) is 5.82 Å². The van der Waals surface area contributed by atoms with Gasteiger partial charge in [0.25, 0.3) is 0 Å². The van der Waals surface area contributed by atoms with Crippen molar-refractivity contribution in [1.29, 1.82) is 0 Å². The second-order valence-electron chi connectivity index (χ2n) is 5.04. The number of aryl methyl sites for hydroxylation is 1. The zero-order valence-corrected chi connectivity index (χ0v) is 11.7. The molecular weight excluding hydrogens is 263 g/mol. The van der Waals surface area contributed by atoms with E-state index >= 15 is 0 Å². The predicted molar refractivity (Wildman–Crippen MR) is 75.9 cm³/mol. The van der Waals surface area contributed by atoms with Crippen molar-refractivity contribution in [2.75, 3.05) is 0 Å². The molecule has 2 rings (SSSR count). The molecule has 0 radical (unpaired) electrons. The highest BCUT2D eigenvalue weighted by Gasteiger charge is 2.25. The van der Waals surface area contributed by atoms with Crippen molar-refractivity contribution in [2.24, 2.45) is 0 Å². The van der Waals surface area contributed by atoms with Gasteiger partial charge in [0.05, 0.1) is 5.60 Å². The fourth-order valence-electron chi connectivity index (χ4n) is 2.27. The van der Waals surface area contributed by atoms with Crippen molar-refractivity contribution < 1.29 is 9.50 Å². The lowest BCUT2D eigenvalue weighted by Crippen LogP contribution is -2.25. The summed E-state index contributed by atoms with van der Waals surface area (Å²) in [4.78, 5) is 0. The van der Waals surface area contributed by atoms with Crippen LogP contribution in [0.1, 0.15) is 23.6 Å². The van der Waals surface area contributed by atoms with Gasteiger partial charge in [-0.25, -0.2) is 4.39 Å². The van der Waals surface area contributed by atoms with E-state index in [4.69, 9.17) is 11.6 Å². The molecule has 1 N–H and O–H groups in total.